The fourth-order valence-electron chi connectivity index (χ4n) is 4.22. The number of carbonyl (C=O) groups is 2. The molecule has 4 rings (SSSR count). The predicted molar refractivity (Wildman–Crippen MR) is 107 cm³/mol. The third-order valence-electron chi connectivity index (χ3n) is 5.63. The van der Waals surface area contributed by atoms with Gasteiger partial charge in [-0.15, -0.1) is 11.3 Å². The lowest BCUT2D eigenvalue weighted by Gasteiger charge is -2.25. The van der Waals surface area contributed by atoms with Crippen LogP contribution in [0, 0.1) is 5.92 Å². The topological polar surface area (TPSA) is 62.3 Å². The van der Waals surface area contributed by atoms with Crippen molar-refractivity contribution < 1.29 is 9.59 Å². The average molecular weight is 384 g/mol. The fourth-order valence-corrected chi connectivity index (χ4v) is 5.27. The summed E-state index contributed by atoms with van der Waals surface area (Å²) in [5.74, 6) is 0.753. The van der Waals surface area contributed by atoms with Gasteiger partial charge in [0.1, 0.15) is 0 Å². The van der Waals surface area contributed by atoms with E-state index in [1.807, 2.05) is 12.1 Å². The first-order valence-electron chi connectivity index (χ1n) is 9.81. The molecule has 0 unspecified atom stereocenters. The maximum Gasteiger partial charge on any atom is 0.265 e. The van der Waals surface area contributed by atoms with Gasteiger partial charge in [0.2, 0.25) is 5.91 Å². The van der Waals surface area contributed by atoms with Gasteiger partial charge in [0.25, 0.3) is 5.91 Å². The average Bonchev–Trinajstić information content (AvgIpc) is 3.43. The number of pyridine rings is 1. The van der Waals surface area contributed by atoms with Crippen molar-refractivity contribution in [1.29, 1.82) is 0 Å². The van der Waals surface area contributed by atoms with Crippen LogP contribution in [0.4, 0.5) is 5.69 Å². The van der Waals surface area contributed by atoms with Crippen LogP contribution < -0.4 is 5.32 Å². The van der Waals surface area contributed by atoms with E-state index in [9.17, 15) is 9.59 Å². The van der Waals surface area contributed by atoms with Crippen LogP contribution in [-0.4, -0.2) is 28.2 Å². The van der Waals surface area contributed by atoms with Gasteiger partial charge in [-0.05, 0) is 55.9 Å². The maximum absolute atomic E-state index is 12.8. The second-order valence-corrected chi connectivity index (χ2v) is 8.61. The monoisotopic (exact) mass is 383 g/mol. The Morgan fingerprint density at radius 3 is 2.63 bits per heavy atom. The van der Waals surface area contributed by atoms with Crippen molar-refractivity contribution in [2.75, 3.05) is 11.9 Å². The number of nitrogens with zero attached hydrogens (tertiary/aromatic N) is 2. The second-order valence-electron chi connectivity index (χ2n) is 7.49. The molecule has 2 aliphatic rings. The molecule has 2 amide bonds. The molecule has 5 nitrogen and oxygen atoms in total. The van der Waals surface area contributed by atoms with Crippen molar-refractivity contribution in [2.45, 2.75) is 51.0 Å². The molecule has 142 valence electrons. The molecule has 2 fully saturated rings. The zero-order chi connectivity index (χ0) is 18.6. The lowest BCUT2D eigenvalue weighted by Crippen LogP contribution is -2.31. The number of hydrogen-bond donors (Lipinski definition) is 1. The molecule has 1 atom stereocenters. The molecule has 1 N–H and O–H groups in total. The number of carbonyl (C=O) groups excluding carboxylic acids is 2. The Morgan fingerprint density at radius 1 is 1.07 bits per heavy atom. The first-order valence-corrected chi connectivity index (χ1v) is 10.6. The minimum absolute atomic E-state index is 0.112. The van der Waals surface area contributed by atoms with Gasteiger partial charge in [-0.3, -0.25) is 14.6 Å². The first-order chi connectivity index (χ1) is 13.2. The van der Waals surface area contributed by atoms with Gasteiger partial charge < -0.3 is 10.2 Å². The summed E-state index contributed by atoms with van der Waals surface area (Å²) >= 11 is 1.50. The number of rotatable bonds is 5. The Morgan fingerprint density at radius 2 is 1.85 bits per heavy atom. The normalized spacial score (nSPS) is 20.1. The van der Waals surface area contributed by atoms with E-state index < -0.39 is 0 Å². The summed E-state index contributed by atoms with van der Waals surface area (Å²) in [6.45, 7) is 0.840. The summed E-state index contributed by atoms with van der Waals surface area (Å²) in [5.41, 5.74) is 0.735. The van der Waals surface area contributed by atoms with Crippen LogP contribution in [0.25, 0.3) is 0 Å². The van der Waals surface area contributed by atoms with Gasteiger partial charge in [-0.1, -0.05) is 12.8 Å². The van der Waals surface area contributed by atoms with Crippen molar-refractivity contribution in [3.63, 3.8) is 0 Å². The Balaban J connectivity index is 1.42. The molecule has 1 aliphatic heterocycles. The van der Waals surface area contributed by atoms with E-state index in [0.717, 1.165) is 30.0 Å². The van der Waals surface area contributed by atoms with Crippen LogP contribution in [0.2, 0.25) is 0 Å². The molecule has 6 heteroatoms. The molecule has 1 saturated heterocycles. The zero-order valence-corrected chi connectivity index (χ0v) is 16.2. The molecule has 0 bridgehead atoms. The van der Waals surface area contributed by atoms with Crippen LogP contribution in [0.15, 0.2) is 36.7 Å². The molecule has 0 spiro atoms. The highest BCUT2D eigenvalue weighted by Crippen LogP contribution is 2.38. The largest absolute Gasteiger partial charge is 0.335 e. The number of aromatic nitrogens is 1. The predicted octanol–water partition coefficient (Wildman–Crippen LogP) is 4.64. The van der Waals surface area contributed by atoms with Crippen LogP contribution in [0.1, 0.15) is 65.5 Å². The molecule has 3 heterocycles. The second kappa shape index (κ2) is 8.21. The van der Waals surface area contributed by atoms with Crippen molar-refractivity contribution in [3.8, 4) is 0 Å². The number of hydrogen-bond acceptors (Lipinski definition) is 4. The molecule has 27 heavy (non-hydrogen) atoms. The van der Waals surface area contributed by atoms with Crippen molar-refractivity contribution >= 4 is 28.8 Å². The third kappa shape index (κ3) is 4.21. The van der Waals surface area contributed by atoms with Crippen LogP contribution >= 0.6 is 11.3 Å². The van der Waals surface area contributed by atoms with Gasteiger partial charge in [0, 0.05) is 35.9 Å². The quantitative estimate of drug-likeness (QED) is 0.818. The van der Waals surface area contributed by atoms with Gasteiger partial charge in [-0.2, -0.15) is 0 Å². The van der Waals surface area contributed by atoms with Crippen LogP contribution in [-0.2, 0) is 4.79 Å². The molecule has 0 aromatic carbocycles. The third-order valence-corrected chi connectivity index (χ3v) is 6.81. The lowest BCUT2D eigenvalue weighted by molar-refractivity contribution is -0.133. The summed E-state index contributed by atoms with van der Waals surface area (Å²) in [6, 6.07) is 7.55. The van der Waals surface area contributed by atoms with E-state index in [1.54, 1.807) is 24.5 Å². The Labute approximate surface area is 163 Å². The van der Waals surface area contributed by atoms with E-state index in [4.69, 9.17) is 0 Å². The van der Waals surface area contributed by atoms with E-state index >= 15 is 0 Å². The highest BCUT2D eigenvalue weighted by Gasteiger charge is 2.32. The summed E-state index contributed by atoms with van der Waals surface area (Å²) in [6.07, 6.45) is 11.0. The minimum Gasteiger partial charge on any atom is -0.335 e. The fraction of sp³-hybridized carbons (Fsp3) is 0.476. The summed E-state index contributed by atoms with van der Waals surface area (Å²) < 4.78 is 0. The number of likely N-dealkylation sites (tertiary alicyclic amines) is 1. The molecular formula is C21H25N3O2S. The number of anilines is 1. The molecular weight excluding hydrogens is 358 g/mol. The summed E-state index contributed by atoms with van der Waals surface area (Å²) in [5, 5.41) is 2.90. The minimum atomic E-state index is -0.112. The molecule has 2 aromatic heterocycles. The molecule has 2 aromatic rings. The van der Waals surface area contributed by atoms with E-state index in [0.29, 0.717) is 23.1 Å². The van der Waals surface area contributed by atoms with Crippen LogP contribution in [0.5, 0.6) is 0 Å². The summed E-state index contributed by atoms with van der Waals surface area (Å²) in [4.78, 5) is 33.1. The van der Waals surface area contributed by atoms with E-state index in [1.165, 1.54) is 37.0 Å². The molecule has 0 radical (unpaired) electrons. The number of thiophene rings is 1. The number of amides is 2. The molecule has 1 saturated carbocycles. The zero-order valence-electron chi connectivity index (χ0n) is 15.4. The van der Waals surface area contributed by atoms with E-state index in [-0.39, 0.29) is 11.9 Å². The SMILES string of the molecule is O=C(Nc1ccncc1)c1ccc([C@H]2CCCN2C(=O)CC2CCCC2)s1. The van der Waals surface area contributed by atoms with Gasteiger partial charge in [-0.25, -0.2) is 0 Å². The molecule has 1 aliphatic carbocycles. The van der Waals surface area contributed by atoms with Crippen molar-refractivity contribution in [3.05, 3.63) is 46.4 Å². The van der Waals surface area contributed by atoms with E-state index in [2.05, 4.69) is 15.2 Å². The van der Waals surface area contributed by atoms with Crippen LogP contribution in [0.3, 0.4) is 0 Å². The highest BCUT2D eigenvalue weighted by atomic mass is 32.1. The maximum atomic E-state index is 12.8. The van der Waals surface area contributed by atoms with Crippen molar-refractivity contribution in [1.82, 2.24) is 9.88 Å². The van der Waals surface area contributed by atoms with Gasteiger partial charge in [0.05, 0.1) is 10.9 Å². The standard InChI is InChI=1S/C21H25N3O2S/c25-20(14-15-4-1-2-5-15)24-13-3-6-17(24)18-7-8-19(27-18)21(26)23-16-9-11-22-12-10-16/h7-12,15,17H,1-6,13-14H2,(H,22,23,26)/t17-/m1/s1. The van der Waals surface area contributed by atoms with Gasteiger partial charge in [0.15, 0.2) is 0 Å². The smallest absolute Gasteiger partial charge is 0.265 e. The summed E-state index contributed by atoms with van der Waals surface area (Å²) in [7, 11) is 0. The van der Waals surface area contributed by atoms with Gasteiger partial charge >= 0.3 is 0 Å². The van der Waals surface area contributed by atoms with Crippen molar-refractivity contribution in [2.24, 2.45) is 5.92 Å². The Kier molecular flexibility index (Phi) is 5.53. The Bertz CT molecular complexity index is 799. The lowest BCUT2D eigenvalue weighted by atomic mass is 10.0. The highest BCUT2D eigenvalue weighted by molar-refractivity contribution is 7.14. The first kappa shape index (κ1) is 18.2. The number of nitrogens with one attached hydrogen (secondary N) is 1. The Hall–Kier alpha value is -2.21.